The van der Waals surface area contributed by atoms with Crippen LogP contribution in [0.3, 0.4) is 0 Å². The summed E-state index contributed by atoms with van der Waals surface area (Å²) in [5, 5.41) is 19.0. The summed E-state index contributed by atoms with van der Waals surface area (Å²) in [6, 6.07) is 6.05. The zero-order chi connectivity index (χ0) is 13.6. The Hall–Kier alpha value is -1.02. The van der Waals surface area contributed by atoms with Gasteiger partial charge >= 0.3 is 0 Å². The van der Waals surface area contributed by atoms with Crippen LogP contribution in [-0.4, -0.2) is 16.8 Å². The first-order valence-electron chi connectivity index (χ1n) is 6.89. The van der Waals surface area contributed by atoms with Crippen molar-refractivity contribution in [3.63, 3.8) is 0 Å². The van der Waals surface area contributed by atoms with Crippen molar-refractivity contribution in [2.45, 2.75) is 58.3 Å². The number of hydrogen-bond donors (Lipinski definition) is 2. The van der Waals surface area contributed by atoms with E-state index >= 15 is 0 Å². The summed E-state index contributed by atoms with van der Waals surface area (Å²) in [7, 11) is 0. The molecular formula is C16H26O2. The molecule has 0 heterocycles. The van der Waals surface area contributed by atoms with Crippen LogP contribution in [0, 0.1) is 0 Å². The highest BCUT2D eigenvalue weighted by Gasteiger charge is 2.19. The first-order valence-corrected chi connectivity index (χ1v) is 6.89. The van der Waals surface area contributed by atoms with Gasteiger partial charge in [-0.2, -0.15) is 0 Å². The molecule has 102 valence electrons. The number of aliphatic hydroxyl groups is 1. The Kier molecular flexibility index (Phi) is 5.67. The molecule has 0 unspecified atom stereocenters. The molecule has 0 atom stereocenters. The summed E-state index contributed by atoms with van der Waals surface area (Å²) >= 11 is 0. The molecule has 0 fully saturated rings. The summed E-state index contributed by atoms with van der Waals surface area (Å²) < 4.78 is 0. The number of phenols is 1. The fourth-order valence-electron chi connectivity index (χ4n) is 2.18. The van der Waals surface area contributed by atoms with Crippen LogP contribution in [0.5, 0.6) is 5.75 Å². The number of aromatic hydroxyl groups is 1. The molecule has 0 bridgehead atoms. The quantitative estimate of drug-likeness (QED) is 0.754. The van der Waals surface area contributed by atoms with Crippen LogP contribution in [-0.2, 0) is 11.8 Å². The van der Waals surface area contributed by atoms with Gasteiger partial charge in [0.2, 0.25) is 0 Å². The Morgan fingerprint density at radius 3 is 2.28 bits per heavy atom. The fraction of sp³-hybridized carbons (Fsp3) is 0.625. The zero-order valence-corrected chi connectivity index (χ0v) is 11.9. The van der Waals surface area contributed by atoms with E-state index in [9.17, 15) is 5.11 Å². The first kappa shape index (κ1) is 15.0. The highest BCUT2D eigenvalue weighted by Crippen LogP contribution is 2.33. The molecule has 1 aromatic carbocycles. The van der Waals surface area contributed by atoms with Gasteiger partial charge in [-0.25, -0.2) is 0 Å². The number of benzene rings is 1. The number of phenolic OH excluding ortho intramolecular Hbond substituents is 1. The van der Waals surface area contributed by atoms with Gasteiger partial charge in [-0.05, 0) is 35.8 Å². The van der Waals surface area contributed by atoms with Crippen LogP contribution in [0.25, 0.3) is 0 Å². The highest BCUT2D eigenvalue weighted by molar-refractivity contribution is 5.44. The van der Waals surface area contributed by atoms with Gasteiger partial charge in [-0.15, -0.1) is 0 Å². The van der Waals surface area contributed by atoms with Gasteiger partial charge in [-0.3, -0.25) is 0 Å². The monoisotopic (exact) mass is 250 g/mol. The fourth-order valence-corrected chi connectivity index (χ4v) is 2.18. The van der Waals surface area contributed by atoms with E-state index in [-0.39, 0.29) is 12.0 Å². The van der Waals surface area contributed by atoms with Gasteiger partial charge in [0.15, 0.2) is 0 Å². The number of para-hydroxylation sites is 1. The van der Waals surface area contributed by atoms with Crippen LogP contribution in [0.2, 0.25) is 0 Å². The largest absolute Gasteiger partial charge is 0.507 e. The second kappa shape index (κ2) is 6.79. The predicted octanol–water partition coefficient (Wildman–Crippen LogP) is 3.78. The lowest BCUT2D eigenvalue weighted by Gasteiger charge is -2.21. The molecule has 1 aromatic rings. The van der Waals surface area contributed by atoms with E-state index in [1.54, 1.807) is 0 Å². The molecule has 0 saturated carbocycles. The van der Waals surface area contributed by atoms with Crippen LogP contribution >= 0.6 is 0 Å². The van der Waals surface area contributed by atoms with Crippen LogP contribution < -0.4 is 0 Å². The molecule has 2 heteroatoms. The molecule has 18 heavy (non-hydrogen) atoms. The van der Waals surface area contributed by atoms with Gasteiger partial charge in [0, 0.05) is 6.61 Å². The van der Waals surface area contributed by atoms with Gasteiger partial charge in [-0.1, -0.05) is 51.8 Å². The van der Waals surface area contributed by atoms with E-state index in [1.807, 2.05) is 18.2 Å². The number of aliphatic hydroxyl groups excluding tert-OH is 1. The number of unbranched alkanes of at least 4 members (excludes halogenated alkanes) is 3. The molecule has 0 aliphatic heterocycles. The Morgan fingerprint density at radius 1 is 1.00 bits per heavy atom. The van der Waals surface area contributed by atoms with Crippen molar-refractivity contribution in [3.05, 3.63) is 29.3 Å². The van der Waals surface area contributed by atoms with Crippen molar-refractivity contribution in [2.24, 2.45) is 0 Å². The Morgan fingerprint density at radius 2 is 1.67 bits per heavy atom. The summed E-state index contributed by atoms with van der Waals surface area (Å²) in [6.45, 7) is 6.64. The van der Waals surface area contributed by atoms with Gasteiger partial charge in [0.25, 0.3) is 0 Å². The smallest absolute Gasteiger partial charge is 0.122 e. The molecule has 2 nitrogen and oxygen atoms in total. The van der Waals surface area contributed by atoms with Crippen LogP contribution in [0.4, 0.5) is 0 Å². The summed E-state index contributed by atoms with van der Waals surface area (Å²) in [5.41, 5.74) is 2.05. The predicted molar refractivity (Wildman–Crippen MR) is 76.1 cm³/mol. The van der Waals surface area contributed by atoms with E-state index in [0.717, 1.165) is 43.2 Å². The SMILES string of the molecule is CC(C)(C)c1cccc(CCCCCCO)c1O. The Balaban J connectivity index is 2.62. The Bertz CT molecular complexity index is 364. The van der Waals surface area contributed by atoms with Crippen molar-refractivity contribution < 1.29 is 10.2 Å². The van der Waals surface area contributed by atoms with Crippen molar-refractivity contribution in [3.8, 4) is 5.75 Å². The van der Waals surface area contributed by atoms with Gasteiger partial charge in [0.05, 0.1) is 0 Å². The first-order chi connectivity index (χ1) is 8.46. The molecule has 1 rings (SSSR count). The number of hydrogen-bond acceptors (Lipinski definition) is 2. The summed E-state index contributed by atoms with van der Waals surface area (Å²) in [5.74, 6) is 0.465. The minimum Gasteiger partial charge on any atom is -0.507 e. The second-order valence-electron chi connectivity index (χ2n) is 5.95. The molecule has 0 amide bonds. The maximum atomic E-state index is 10.3. The van der Waals surface area contributed by atoms with Gasteiger partial charge < -0.3 is 10.2 Å². The lowest BCUT2D eigenvalue weighted by atomic mass is 9.84. The normalized spacial score (nSPS) is 11.8. The molecule has 0 radical (unpaired) electrons. The minimum atomic E-state index is -0.0169. The molecule has 0 spiro atoms. The van der Waals surface area contributed by atoms with E-state index in [1.165, 1.54) is 0 Å². The molecule has 0 saturated heterocycles. The maximum absolute atomic E-state index is 10.3. The number of rotatable bonds is 6. The topological polar surface area (TPSA) is 40.5 Å². The lowest BCUT2D eigenvalue weighted by molar-refractivity contribution is 0.282. The average molecular weight is 250 g/mol. The molecule has 0 aliphatic rings. The standard InChI is InChI=1S/C16H26O2/c1-16(2,3)14-11-8-10-13(15(14)18)9-6-4-5-7-12-17/h8,10-11,17-18H,4-7,9,12H2,1-3H3. The molecular weight excluding hydrogens is 224 g/mol. The van der Waals surface area contributed by atoms with E-state index in [4.69, 9.17) is 5.11 Å². The third-order valence-corrected chi connectivity index (χ3v) is 3.28. The average Bonchev–Trinajstić information content (AvgIpc) is 2.29. The summed E-state index contributed by atoms with van der Waals surface area (Å²) in [6.07, 6.45) is 5.05. The third kappa shape index (κ3) is 4.34. The van der Waals surface area contributed by atoms with Crippen molar-refractivity contribution >= 4 is 0 Å². The molecule has 0 aromatic heterocycles. The van der Waals surface area contributed by atoms with E-state index in [0.29, 0.717) is 5.75 Å². The second-order valence-corrected chi connectivity index (χ2v) is 5.95. The maximum Gasteiger partial charge on any atom is 0.122 e. The highest BCUT2D eigenvalue weighted by atomic mass is 16.3. The minimum absolute atomic E-state index is 0.0169. The number of aryl methyl sites for hydroxylation is 1. The van der Waals surface area contributed by atoms with E-state index in [2.05, 4.69) is 20.8 Å². The zero-order valence-electron chi connectivity index (χ0n) is 11.9. The Labute approximate surface area is 111 Å². The van der Waals surface area contributed by atoms with Crippen molar-refractivity contribution in [1.82, 2.24) is 0 Å². The van der Waals surface area contributed by atoms with Crippen molar-refractivity contribution in [2.75, 3.05) is 6.61 Å². The summed E-state index contributed by atoms with van der Waals surface area (Å²) in [4.78, 5) is 0. The lowest BCUT2D eigenvalue weighted by Crippen LogP contribution is -2.11. The van der Waals surface area contributed by atoms with Gasteiger partial charge in [0.1, 0.15) is 5.75 Å². The third-order valence-electron chi connectivity index (χ3n) is 3.28. The van der Waals surface area contributed by atoms with Crippen LogP contribution in [0.15, 0.2) is 18.2 Å². The van der Waals surface area contributed by atoms with Crippen molar-refractivity contribution in [1.29, 1.82) is 0 Å². The molecule has 2 N–H and O–H groups in total. The van der Waals surface area contributed by atoms with Crippen LogP contribution in [0.1, 0.15) is 57.6 Å². The van der Waals surface area contributed by atoms with E-state index < -0.39 is 0 Å². The molecule has 0 aliphatic carbocycles.